The fourth-order valence-electron chi connectivity index (χ4n) is 2.60. The Morgan fingerprint density at radius 2 is 1.38 bits per heavy atom. The number of fused-ring (bicyclic) bond motifs is 1. The van der Waals surface area contributed by atoms with Crippen LogP contribution in [0.1, 0.15) is 27.1 Å². The molecule has 0 N–H and O–H groups in total. The second-order valence-corrected chi connectivity index (χ2v) is 10.9. The summed E-state index contributed by atoms with van der Waals surface area (Å²) >= 11 is 15.6. The molecule has 1 heterocycles. The Morgan fingerprint density at radius 1 is 0.853 bits per heavy atom. The number of ether oxygens (including phenoxy) is 1. The van der Waals surface area contributed by atoms with Gasteiger partial charge < -0.3 is 26.2 Å². The molecule has 10 heteroatoms. The van der Waals surface area contributed by atoms with Gasteiger partial charge in [-0.15, -0.1) is 0 Å². The van der Waals surface area contributed by atoms with E-state index in [1.807, 2.05) is 24.3 Å². The lowest BCUT2D eigenvalue weighted by Crippen LogP contribution is -3.00. The number of hydrogen-bond donors (Lipinski definition) is 0. The molecule has 0 radical (unpaired) electrons. The number of benzene rings is 2. The Balaban J connectivity index is 0.000000509. The average molecular weight is 751 g/mol. The standard InChI is InChI=1S/C11H10BrNO2.C8H8BrClO.C5H13BrN.BrH/c12-6-3-7-13-10(14)8-4-1-2-5-9(8)11(13)15;9-5-6-11-8-3-1-7(10)2-4-8;1-7(2,3)5-4-6;/h1-2,4-5H,3,6-7H2;1-4H,5-6H2;4-5H2,1-3H3;1H/q;;+1;/p-1. The zero-order chi connectivity index (χ0) is 24.9. The van der Waals surface area contributed by atoms with Gasteiger partial charge in [-0.3, -0.25) is 14.5 Å². The summed E-state index contributed by atoms with van der Waals surface area (Å²) in [5.41, 5.74) is 1.05. The molecule has 3 rings (SSSR count). The summed E-state index contributed by atoms with van der Waals surface area (Å²) in [7, 11) is 6.55. The van der Waals surface area contributed by atoms with Crippen LogP contribution in [0.2, 0.25) is 5.02 Å². The van der Waals surface area contributed by atoms with Crippen LogP contribution in [-0.2, 0) is 0 Å². The lowest BCUT2D eigenvalue weighted by molar-refractivity contribution is -0.867. The summed E-state index contributed by atoms with van der Waals surface area (Å²) in [6.45, 7) is 2.36. The zero-order valence-corrected chi connectivity index (χ0v) is 26.7. The quantitative estimate of drug-likeness (QED) is 0.237. The first kappa shape index (κ1) is 33.5. The number of nitrogens with zero attached hydrogens (tertiary/aromatic N) is 2. The molecule has 0 fully saturated rings. The van der Waals surface area contributed by atoms with E-state index in [1.54, 1.807) is 24.3 Å². The van der Waals surface area contributed by atoms with Crippen LogP contribution in [0.25, 0.3) is 0 Å². The monoisotopic (exact) mass is 746 g/mol. The van der Waals surface area contributed by atoms with Gasteiger partial charge in [-0.1, -0.05) is 71.5 Å². The van der Waals surface area contributed by atoms with Crippen LogP contribution < -0.4 is 21.7 Å². The first-order valence-corrected chi connectivity index (χ1v) is 14.2. The molecule has 0 saturated heterocycles. The molecule has 2 aromatic rings. The number of carbonyl (C=O) groups is 2. The highest BCUT2D eigenvalue weighted by Crippen LogP contribution is 2.22. The Bertz CT molecular complexity index is 842. The summed E-state index contributed by atoms with van der Waals surface area (Å²) in [4.78, 5) is 24.9. The highest BCUT2D eigenvalue weighted by molar-refractivity contribution is 9.09. The molecule has 0 saturated carbocycles. The Kier molecular flexibility index (Phi) is 17.7. The fraction of sp³-hybridized carbons (Fsp3) is 0.417. The third-order valence-corrected chi connectivity index (χ3v) is 5.80. The predicted octanol–water partition coefficient (Wildman–Crippen LogP) is 3.27. The van der Waals surface area contributed by atoms with Gasteiger partial charge in [0, 0.05) is 22.2 Å². The molecule has 1 aliphatic rings. The third kappa shape index (κ3) is 12.5. The largest absolute Gasteiger partial charge is 1.00 e. The number of amides is 2. The van der Waals surface area contributed by atoms with E-state index < -0.39 is 0 Å². The van der Waals surface area contributed by atoms with Crippen molar-refractivity contribution in [2.75, 3.05) is 56.8 Å². The highest BCUT2D eigenvalue weighted by atomic mass is 79.9. The zero-order valence-electron chi connectivity index (χ0n) is 19.6. The molecule has 34 heavy (non-hydrogen) atoms. The van der Waals surface area contributed by atoms with Gasteiger partial charge in [-0.2, -0.15) is 0 Å². The summed E-state index contributed by atoms with van der Waals surface area (Å²) < 4.78 is 6.35. The minimum atomic E-state index is -0.170. The van der Waals surface area contributed by atoms with Crippen molar-refractivity contribution < 1.29 is 35.8 Å². The van der Waals surface area contributed by atoms with Crippen molar-refractivity contribution in [2.45, 2.75) is 6.42 Å². The lowest BCUT2D eigenvalue weighted by Gasteiger charge is -2.21. The molecule has 0 aromatic heterocycles. The van der Waals surface area contributed by atoms with Gasteiger partial charge in [-0.25, -0.2) is 0 Å². The molecule has 2 aromatic carbocycles. The van der Waals surface area contributed by atoms with E-state index in [-0.39, 0.29) is 28.8 Å². The molecule has 0 unspecified atom stereocenters. The van der Waals surface area contributed by atoms with Crippen molar-refractivity contribution in [3.05, 3.63) is 64.7 Å². The molecule has 0 spiro atoms. The van der Waals surface area contributed by atoms with Crippen molar-refractivity contribution in [3.63, 3.8) is 0 Å². The van der Waals surface area contributed by atoms with Crippen molar-refractivity contribution in [3.8, 4) is 5.75 Å². The number of quaternary nitrogens is 1. The summed E-state index contributed by atoms with van der Waals surface area (Å²) in [6.07, 6.45) is 0.783. The van der Waals surface area contributed by atoms with Crippen molar-refractivity contribution in [1.82, 2.24) is 4.90 Å². The molecule has 0 aliphatic carbocycles. The van der Waals surface area contributed by atoms with E-state index >= 15 is 0 Å². The topological polar surface area (TPSA) is 46.6 Å². The number of halogens is 5. The first-order valence-electron chi connectivity index (χ1n) is 10.5. The van der Waals surface area contributed by atoms with Crippen molar-refractivity contribution in [1.29, 1.82) is 0 Å². The van der Waals surface area contributed by atoms with E-state index in [1.165, 1.54) is 11.4 Å². The number of rotatable bonds is 8. The normalized spacial score (nSPS) is 12.0. The smallest absolute Gasteiger partial charge is 0.261 e. The minimum absolute atomic E-state index is 0. The van der Waals surface area contributed by atoms with Gasteiger partial charge in [0.25, 0.3) is 11.8 Å². The van der Waals surface area contributed by atoms with E-state index in [0.717, 1.165) is 37.7 Å². The number of alkyl halides is 3. The second kappa shape index (κ2) is 17.9. The maximum Gasteiger partial charge on any atom is 0.261 e. The number of carbonyl (C=O) groups excluding carboxylic acids is 2. The molecule has 0 bridgehead atoms. The van der Waals surface area contributed by atoms with Crippen LogP contribution in [0.3, 0.4) is 0 Å². The van der Waals surface area contributed by atoms with E-state index in [9.17, 15) is 9.59 Å². The Hall–Kier alpha value is -0.450. The van der Waals surface area contributed by atoms with Crippen molar-refractivity contribution in [2.24, 2.45) is 0 Å². The first-order chi connectivity index (χ1) is 15.6. The summed E-state index contributed by atoms with van der Waals surface area (Å²) in [6, 6.07) is 14.3. The van der Waals surface area contributed by atoms with E-state index in [0.29, 0.717) is 24.3 Å². The van der Waals surface area contributed by atoms with Crippen LogP contribution in [0.5, 0.6) is 5.75 Å². The van der Waals surface area contributed by atoms with Crippen LogP contribution in [-0.4, -0.2) is 78.0 Å². The average Bonchev–Trinajstić information content (AvgIpc) is 3.02. The van der Waals surface area contributed by atoms with Crippen LogP contribution in [0.15, 0.2) is 48.5 Å². The molecular weight excluding hydrogens is 719 g/mol. The van der Waals surface area contributed by atoms with Gasteiger partial charge in [-0.05, 0) is 42.8 Å². The summed E-state index contributed by atoms with van der Waals surface area (Å²) in [5, 5.41) is 3.46. The molecule has 5 nitrogen and oxygen atoms in total. The molecule has 0 atom stereocenters. The lowest BCUT2D eigenvalue weighted by atomic mass is 10.1. The van der Waals surface area contributed by atoms with Crippen LogP contribution in [0.4, 0.5) is 0 Å². The summed E-state index contributed by atoms with van der Waals surface area (Å²) in [5.74, 6) is 0.516. The fourth-order valence-corrected chi connectivity index (χ4v) is 4.20. The highest BCUT2D eigenvalue weighted by Gasteiger charge is 2.34. The predicted molar refractivity (Wildman–Crippen MR) is 148 cm³/mol. The van der Waals surface area contributed by atoms with Crippen LogP contribution >= 0.6 is 59.4 Å². The minimum Gasteiger partial charge on any atom is -1.00 e. The van der Waals surface area contributed by atoms with E-state index in [2.05, 4.69) is 68.9 Å². The van der Waals surface area contributed by atoms with Gasteiger partial charge in [0.15, 0.2) is 0 Å². The van der Waals surface area contributed by atoms with Crippen molar-refractivity contribution >= 4 is 71.2 Å². The Morgan fingerprint density at radius 3 is 1.76 bits per heavy atom. The van der Waals surface area contributed by atoms with Gasteiger partial charge >= 0.3 is 0 Å². The maximum atomic E-state index is 11.8. The SMILES string of the molecule is C[N+](C)(C)CCBr.Clc1ccc(OCCBr)cc1.O=C1c2ccccc2C(=O)N1CCCBr.[Br-]. The molecule has 1 aliphatic heterocycles. The second-order valence-electron chi connectivity index (χ2n) is 8.04. The maximum absolute atomic E-state index is 11.8. The molecule has 2 amide bonds. The molecular formula is C24H31Br4ClN2O3. The van der Waals surface area contributed by atoms with Crippen LogP contribution in [0, 0.1) is 0 Å². The van der Waals surface area contributed by atoms with E-state index in [4.69, 9.17) is 16.3 Å². The number of hydrogen-bond acceptors (Lipinski definition) is 3. The van der Waals surface area contributed by atoms with Gasteiger partial charge in [0.05, 0.1) is 50.8 Å². The Labute approximate surface area is 243 Å². The third-order valence-electron chi connectivity index (χ3n) is 4.31. The van der Waals surface area contributed by atoms with Gasteiger partial charge in [0.1, 0.15) is 5.75 Å². The van der Waals surface area contributed by atoms with Gasteiger partial charge in [0.2, 0.25) is 0 Å². The number of imide groups is 1. The molecule has 190 valence electrons.